The van der Waals surface area contributed by atoms with Gasteiger partial charge in [0.1, 0.15) is 12.3 Å². The van der Waals surface area contributed by atoms with Crippen molar-refractivity contribution in [2.45, 2.75) is 17.9 Å². The molecule has 0 radical (unpaired) electrons. The van der Waals surface area contributed by atoms with Gasteiger partial charge in [0.25, 0.3) is 0 Å². The van der Waals surface area contributed by atoms with Gasteiger partial charge in [-0.15, -0.1) is 11.8 Å². The lowest BCUT2D eigenvalue weighted by Crippen LogP contribution is -2.26. The van der Waals surface area contributed by atoms with Crippen LogP contribution in [0.1, 0.15) is 12.1 Å². The molecule has 1 fully saturated rings. The zero-order valence-corrected chi connectivity index (χ0v) is 16.7. The number of carbonyl (C=O) groups excluding carboxylic acids is 2. The van der Waals surface area contributed by atoms with Gasteiger partial charge < -0.3 is 14.2 Å². The zero-order chi connectivity index (χ0) is 20.2. The van der Waals surface area contributed by atoms with Crippen LogP contribution in [0, 0.1) is 5.92 Å². The number of aromatic nitrogens is 1. The summed E-state index contributed by atoms with van der Waals surface area (Å²) in [5, 5.41) is 3.96. The Bertz CT molecular complexity index is 1020. The number of benzene rings is 2. The Hall–Kier alpha value is -3.06. The molecule has 29 heavy (non-hydrogen) atoms. The van der Waals surface area contributed by atoms with Crippen molar-refractivity contribution in [2.75, 3.05) is 17.7 Å². The molecule has 1 atom stereocenters. The minimum Gasteiger partial charge on any atom is -0.459 e. The van der Waals surface area contributed by atoms with Crippen molar-refractivity contribution in [3.05, 3.63) is 66.4 Å². The quantitative estimate of drug-likeness (QED) is 0.450. The highest BCUT2D eigenvalue weighted by Gasteiger charge is 2.36. The first-order valence-electron chi connectivity index (χ1n) is 9.26. The second-order valence-electron chi connectivity index (χ2n) is 6.76. The Morgan fingerprint density at radius 2 is 2.03 bits per heavy atom. The van der Waals surface area contributed by atoms with E-state index in [1.54, 1.807) is 22.7 Å². The van der Waals surface area contributed by atoms with E-state index in [0.29, 0.717) is 18.0 Å². The van der Waals surface area contributed by atoms with Gasteiger partial charge in [0, 0.05) is 35.2 Å². The average Bonchev–Trinajstić information content (AvgIpc) is 3.39. The SMILES string of the molecule is CSc1cccc(N2C[C@@H](C(=O)OCc3cc(-c4ccccc4)on3)CC2=O)c1. The Labute approximate surface area is 172 Å². The second-order valence-corrected chi connectivity index (χ2v) is 7.64. The number of esters is 1. The molecule has 1 amide bonds. The van der Waals surface area contributed by atoms with Gasteiger partial charge in [-0.1, -0.05) is 41.6 Å². The maximum Gasteiger partial charge on any atom is 0.311 e. The standard InChI is InChI=1S/C22H20N2O4S/c1-29-19-9-5-8-18(12-19)24-13-16(10-21(24)25)22(26)27-14-17-11-20(28-23-17)15-6-3-2-4-7-15/h2-9,11-12,16H,10,13-14H2,1H3/t16-/m0/s1. The number of anilines is 1. The minimum atomic E-state index is -0.485. The first kappa shape index (κ1) is 19.3. The molecule has 2 aromatic carbocycles. The summed E-state index contributed by atoms with van der Waals surface area (Å²) < 4.78 is 10.7. The molecule has 1 aliphatic heterocycles. The number of rotatable bonds is 6. The van der Waals surface area contributed by atoms with Crippen LogP contribution in [0.4, 0.5) is 5.69 Å². The lowest BCUT2D eigenvalue weighted by Gasteiger charge is -2.17. The number of hydrogen-bond acceptors (Lipinski definition) is 6. The third-order valence-corrected chi connectivity index (χ3v) is 5.53. The fraction of sp³-hybridized carbons (Fsp3) is 0.227. The van der Waals surface area contributed by atoms with Crippen LogP contribution in [0.2, 0.25) is 0 Å². The van der Waals surface area contributed by atoms with Crippen LogP contribution < -0.4 is 4.90 Å². The summed E-state index contributed by atoms with van der Waals surface area (Å²) in [5.41, 5.74) is 2.24. The first-order chi connectivity index (χ1) is 14.1. The van der Waals surface area contributed by atoms with E-state index in [9.17, 15) is 9.59 Å². The third-order valence-electron chi connectivity index (χ3n) is 4.80. The molecular formula is C22H20N2O4S. The van der Waals surface area contributed by atoms with E-state index in [1.165, 1.54) is 0 Å². The predicted molar refractivity (Wildman–Crippen MR) is 110 cm³/mol. The fourth-order valence-electron chi connectivity index (χ4n) is 3.27. The van der Waals surface area contributed by atoms with Gasteiger partial charge >= 0.3 is 5.97 Å². The fourth-order valence-corrected chi connectivity index (χ4v) is 3.73. The third kappa shape index (κ3) is 4.35. The summed E-state index contributed by atoms with van der Waals surface area (Å²) >= 11 is 1.61. The number of thioether (sulfide) groups is 1. The number of nitrogens with zero attached hydrogens (tertiary/aromatic N) is 2. The normalized spacial score (nSPS) is 16.2. The first-order valence-corrected chi connectivity index (χ1v) is 10.5. The smallest absolute Gasteiger partial charge is 0.311 e. The molecule has 1 saturated heterocycles. The molecular weight excluding hydrogens is 388 g/mol. The molecule has 3 aromatic rings. The summed E-state index contributed by atoms with van der Waals surface area (Å²) in [5.74, 6) is -0.336. The van der Waals surface area contributed by atoms with Crippen molar-refractivity contribution < 1.29 is 18.8 Å². The van der Waals surface area contributed by atoms with Gasteiger partial charge in [-0.2, -0.15) is 0 Å². The highest BCUT2D eigenvalue weighted by Crippen LogP contribution is 2.29. The minimum absolute atomic E-state index is 0.0157. The highest BCUT2D eigenvalue weighted by atomic mass is 32.2. The summed E-state index contributed by atoms with van der Waals surface area (Å²) in [6.45, 7) is 0.339. The van der Waals surface area contributed by atoms with Crippen LogP contribution >= 0.6 is 11.8 Å². The van der Waals surface area contributed by atoms with Crippen LogP contribution in [0.5, 0.6) is 0 Å². The van der Waals surface area contributed by atoms with E-state index < -0.39 is 11.9 Å². The van der Waals surface area contributed by atoms with Crippen molar-refractivity contribution in [2.24, 2.45) is 5.92 Å². The number of carbonyl (C=O) groups is 2. The molecule has 0 N–H and O–H groups in total. The van der Waals surface area contributed by atoms with E-state index >= 15 is 0 Å². The van der Waals surface area contributed by atoms with Crippen molar-refractivity contribution in [3.63, 3.8) is 0 Å². The molecule has 0 bridgehead atoms. The Morgan fingerprint density at radius 1 is 1.21 bits per heavy atom. The number of amides is 1. The Balaban J connectivity index is 1.36. The van der Waals surface area contributed by atoms with Crippen LogP contribution in [-0.4, -0.2) is 29.8 Å². The van der Waals surface area contributed by atoms with E-state index in [4.69, 9.17) is 9.26 Å². The maximum atomic E-state index is 12.5. The van der Waals surface area contributed by atoms with E-state index in [2.05, 4.69) is 5.16 Å². The van der Waals surface area contributed by atoms with Crippen molar-refractivity contribution >= 4 is 29.3 Å². The summed E-state index contributed by atoms with van der Waals surface area (Å²) in [6, 6.07) is 19.1. The van der Waals surface area contributed by atoms with Crippen LogP contribution in [0.3, 0.4) is 0 Å². The van der Waals surface area contributed by atoms with Crippen molar-refractivity contribution in [3.8, 4) is 11.3 Å². The lowest BCUT2D eigenvalue weighted by atomic mass is 10.1. The van der Waals surface area contributed by atoms with Gasteiger partial charge in [-0.3, -0.25) is 9.59 Å². The molecule has 0 aliphatic carbocycles. The summed E-state index contributed by atoms with van der Waals surface area (Å²) in [4.78, 5) is 27.6. The van der Waals surface area contributed by atoms with Gasteiger partial charge in [-0.25, -0.2) is 0 Å². The maximum absolute atomic E-state index is 12.5. The molecule has 6 nitrogen and oxygen atoms in total. The second kappa shape index (κ2) is 8.53. The molecule has 4 rings (SSSR count). The average molecular weight is 408 g/mol. The van der Waals surface area contributed by atoms with Crippen LogP contribution in [0.15, 0.2) is 70.1 Å². The van der Waals surface area contributed by atoms with Crippen molar-refractivity contribution in [1.29, 1.82) is 0 Å². The largest absolute Gasteiger partial charge is 0.459 e. The van der Waals surface area contributed by atoms with Crippen LogP contribution in [0.25, 0.3) is 11.3 Å². The van der Waals surface area contributed by atoms with Gasteiger partial charge in [-0.05, 0) is 24.5 Å². The number of hydrogen-bond donors (Lipinski definition) is 0. The lowest BCUT2D eigenvalue weighted by molar-refractivity contribution is -0.149. The summed E-state index contributed by atoms with van der Waals surface area (Å²) in [7, 11) is 0. The molecule has 2 heterocycles. The van der Waals surface area contributed by atoms with Gasteiger partial charge in [0.2, 0.25) is 5.91 Å². The van der Waals surface area contributed by atoms with E-state index in [-0.39, 0.29) is 18.9 Å². The Morgan fingerprint density at radius 3 is 2.83 bits per heavy atom. The number of ether oxygens (including phenoxy) is 1. The molecule has 0 unspecified atom stereocenters. The van der Waals surface area contributed by atoms with Gasteiger partial charge in [0.15, 0.2) is 5.76 Å². The molecule has 0 spiro atoms. The zero-order valence-electron chi connectivity index (χ0n) is 15.9. The van der Waals surface area contributed by atoms with Gasteiger partial charge in [0.05, 0.1) is 5.92 Å². The monoisotopic (exact) mass is 408 g/mol. The van der Waals surface area contributed by atoms with E-state index in [1.807, 2.05) is 60.9 Å². The highest BCUT2D eigenvalue weighted by molar-refractivity contribution is 7.98. The summed E-state index contributed by atoms with van der Waals surface area (Å²) in [6.07, 6.45) is 2.13. The molecule has 1 aliphatic rings. The Kier molecular flexibility index (Phi) is 5.67. The van der Waals surface area contributed by atoms with Crippen molar-refractivity contribution in [1.82, 2.24) is 5.16 Å². The van der Waals surface area contributed by atoms with E-state index in [0.717, 1.165) is 16.1 Å². The molecule has 7 heteroatoms. The molecule has 148 valence electrons. The molecule has 0 saturated carbocycles. The predicted octanol–water partition coefficient (Wildman–Crippen LogP) is 4.16. The molecule has 1 aromatic heterocycles. The van der Waals surface area contributed by atoms with Crippen LogP contribution in [-0.2, 0) is 20.9 Å². The topological polar surface area (TPSA) is 72.6 Å².